The molecule has 0 aliphatic carbocycles. The lowest BCUT2D eigenvalue weighted by molar-refractivity contribution is -0.385. The van der Waals surface area contributed by atoms with Crippen LogP contribution in [-0.4, -0.2) is 16.0 Å². The molecule has 0 unspecified atom stereocenters. The predicted molar refractivity (Wildman–Crippen MR) is 81.2 cm³/mol. The lowest BCUT2D eigenvalue weighted by atomic mass is 10.1. The summed E-state index contributed by atoms with van der Waals surface area (Å²) in [4.78, 5) is 23.8. The zero-order chi connectivity index (χ0) is 15.6. The average Bonchev–Trinajstić information content (AvgIpc) is 2.82. The van der Waals surface area contributed by atoms with Crippen LogP contribution in [0.1, 0.15) is 25.7 Å². The minimum absolute atomic E-state index is 0.0999. The van der Waals surface area contributed by atoms with E-state index >= 15 is 0 Å². The molecule has 2 aromatic rings. The molecule has 21 heavy (non-hydrogen) atoms. The number of anilines is 1. The Morgan fingerprint density at radius 2 is 2.10 bits per heavy atom. The van der Waals surface area contributed by atoms with Crippen molar-refractivity contribution in [3.63, 3.8) is 0 Å². The fourth-order valence-electron chi connectivity index (χ4n) is 1.96. The summed E-state index contributed by atoms with van der Waals surface area (Å²) in [6.07, 6.45) is 0. The first-order chi connectivity index (χ1) is 9.88. The van der Waals surface area contributed by atoms with Gasteiger partial charge in [-0.2, -0.15) is 0 Å². The van der Waals surface area contributed by atoms with E-state index in [4.69, 9.17) is 5.11 Å². The molecule has 0 amide bonds. The summed E-state index contributed by atoms with van der Waals surface area (Å²) in [7, 11) is 0. The van der Waals surface area contributed by atoms with Gasteiger partial charge in [-0.25, -0.2) is 4.79 Å². The number of nitrogens with zero attached hydrogens (tertiary/aromatic N) is 1. The molecule has 110 valence electrons. The standard InChI is InChI=1S/C14H14N2O4S/c1-8-3-4-11(21-8)7-15-12-5-10(14(17)18)6-13(9(12)2)16(19)20/h3-6,15H,7H2,1-2H3,(H,17,18). The number of rotatable bonds is 5. The summed E-state index contributed by atoms with van der Waals surface area (Å²) in [5, 5.41) is 23.1. The summed E-state index contributed by atoms with van der Waals surface area (Å²) in [6.45, 7) is 4.10. The molecule has 0 bridgehead atoms. The Bertz CT molecular complexity index is 709. The molecule has 1 aromatic carbocycles. The molecule has 0 aliphatic heterocycles. The topological polar surface area (TPSA) is 92.5 Å². The van der Waals surface area contributed by atoms with E-state index in [1.165, 1.54) is 10.9 Å². The Kier molecular flexibility index (Phi) is 4.23. The van der Waals surface area contributed by atoms with Crippen LogP contribution >= 0.6 is 11.3 Å². The van der Waals surface area contributed by atoms with E-state index in [9.17, 15) is 14.9 Å². The lowest BCUT2D eigenvalue weighted by Crippen LogP contribution is -2.06. The number of benzene rings is 1. The van der Waals surface area contributed by atoms with Gasteiger partial charge in [-0.05, 0) is 32.0 Å². The van der Waals surface area contributed by atoms with Crippen molar-refractivity contribution in [2.24, 2.45) is 0 Å². The zero-order valence-corrected chi connectivity index (χ0v) is 12.4. The maximum absolute atomic E-state index is 11.1. The highest BCUT2D eigenvalue weighted by molar-refractivity contribution is 7.11. The molecule has 2 rings (SSSR count). The van der Waals surface area contributed by atoms with Crippen LogP contribution in [0.3, 0.4) is 0 Å². The summed E-state index contributed by atoms with van der Waals surface area (Å²) in [6, 6.07) is 6.46. The number of thiophene rings is 1. The van der Waals surface area contributed by atoms with Crippen molar-refractivity contribution in [3.8, 4) is 0 Å². The van der Waals surface area contributed by atoms with Gasteiger partial charge >= 0.3 is 5.97 Å². The van der Waals surface area contributed by atoms with Crippen molar-refractivity contribution < 1.29 is 14.8 Å². The van der Waals surface area contributed by atoms with Crippen LogP contribution in [0.2, 0.25) is 0 Å². The number of carbonyl (C=O) groups is 1. The minimum Gasteiger partial charge on any atom is -0.478 e. The molecule has 7 heteroatoms. The molecule has 0 spiro atoms. The highest BCUT2D eigenvalue weighted by atomic mass is 32.1. The van der Waals surface area contributed by atoms with Gasteiger partial charge in [-0.1, -0.05) is 0 Å². The number of hydrogen-bond donors (Lipinski definition) is 2. The van der Waals surface area contributed by atoms with Crippen LogP contribution in [0.25, 0.3) is 0 Å². The molecule has 0 fully saturated rings. The predicted octanol–water partition coefficient (Wildman–Crippen LogP) is 3.58. The normalized spacial score (nSPS) is 10.4. The van der Waals surface area contributed by atoms with E-state index in [0.717, 1.165) is 10.9 Å². The highest BCUT2D eigenvalue weighted by Gasteiger charge is 2.19. The molecule has 0 saturated carbocycles. The van der Waals surface area contributed by atoms with Crippen molar-refractivity contribution in [2.45, 2.75) is 20.4 Å². The third-order valence-corrected chi connectivity index (χ3v) is 4.07. The van der Waals surface area contributed by atoms with Gasteiger partial charge in [0.05, 0.1) is 10.5 Å². The molecule has 6 nitrogen and oxygen atoms in total. The van der Waals surface area contributed by atoms with E-state index in [0.29, 0.717) is 17.8 Å². The molecule has 0 radical (unpaired) electrons. The molecule has 0 atom stereocenters. The number of aromatic carboxylic acids is 1. The van der Waals surface area contributed by atoms with Crippen LogP contribution in [0.4, 0.5) is 11.4 Å². The average molecular weight is 306 g/mol. The van der Waals surface area contributed by atoms with E-state index in [-0.39, 0.29) is 11.3 Å². The number of carboxylic acids is 1. The van der Waals surface area contributed by atoms with Crippen LogP contribution < -0.4 is 5.32 Å². The van der Waals surface area contributed by atoms with Crippen LogP contribution in [0, 0.1) is 24.0 Å². The van der Waals surface area contributed by atoms with Gasteiger partial charge in [0.2, 0.25) is 0 Å². The Morgan fingerprint density at radius 1 is 1.38 bits per heavy atom. The summed E-state index contributed by atoms with van der Waals surface area (Å²) >= 11 is 1.62. The van der Waals surface area contributed by atoms with Gasteiger partial charge in [0.15, 0.2) is 0 Å². The van der Waals surface area contributed by atoms with E-state index in [1.807, 2.05) is 19.1 Å². The van der Waals surface area contributed by atoms with Gasteiger partial charge < -0.3 is 10.4 Å². The van der Waals surface area contributed by atoms with Crippen molar-refractivity contribution in [1.29, 1.82) is 0 Å². The molecular weight excluding hydrogens is 292 g/mol. The second-order valence-corrected chi connectivity index (χ2v) is 5.97. The molecule has 0 saturated heterocycles. The number of nitrogens with one attached hydrogen (secondary N) is 1. The maximum atomic E-state index is 11.1. The monoisotopic (exact) mass is 306 g/mol. The van der Waals surface area contributed by atoms with Crippen LogP contribution in [0.15, 0.2) is 24.3 Å². The number of hydrogen-bond acceptors (Lipinski definition) is 5. The quantitative estimate of drug-likeness (QED) is 0.650. The third-order valence-electron chi connectivity index (χ3n) is 3.07. The Morgan fingerprint density at radius 3 is 2.62 bits per heavy atom. The zero-order valence-electron chi connectivity index (χ0n) is 11.5. The van der Waals surface area contributed by atoms with E-state index in [1.54, 1.807) is 18.3 Å². The van der Waals surface area contributed by atoms with Gasteiger partial charge in [0, 0.05) is 33.6 Å². The summed E-state index contributed by atoms with van der Waals surface area (Å²) in [5.41, 5.74) is 0.600. The van der Waals surface area contributed by atoms with Crippen LogP contribution in [-0.2, 0) is 6.54 Å². The van der Waals surface area contributed by atoms with Gasteiger partial charge in [0.1, 0.15) is 0 Å². The van der Waals surface area contributed by atoms with Crippen molar-refractivity contribution >= 4 is 28.7 Å². The maximum Gasteiger partial charge on any atom is 0.336 e. The summed E-state index contributed by atoms with van der Waals surface area (Å²) < 4.78 is 0. The first-order valence-electron chi connectivity index (χ1n) is 6.20. The SMILES string of the molecule is Cc1ccc(CNc2cc(C(=O)O)cc([N+](=O)[O-])c2C)s1. The molecule has 1 heterocycles. The highest BCUT2D eigenvalue weighted by Crippen LogP contribution is 2.28. The van der Waals surface area contributed by atoms with Gasteiger partial charge in [-0.15, -0.1) is 11.3 Å². The largest absolute Gasteiger partial charge is 0.478 e. The Balaban J connectivity index is 2.32. The van der Waals surface area contributed by atoms with Gasteiger partial charge in [0.25, 0.3) is 5.69 Å². The minimum atomic E-state index is -1.19. The van der Waals surface area contributed by atoms with Crippen molar-refractivity contribution in [1.82, 2.24) is 0 Å². The molecule has 2 N–H and O–H groups in total. The van der Waals surface area contributed by atoms with Gasteiger partial charge in [-0.3, -0.25) is 10.1 Å². The summed E-state index contributed by atoms with van der Waals surface area (Å²) in [5.74, 6) is -1.19. The third kappa shape index (κ3) is 3.38. The fourth-order valence-corrected chi connectivity index (χ4v) is 2.79. The van der Waals surface area contributed by atoms with Crippen molar-refractivity contribution in [2.75, 3.05) is 5.32 Å². The molecule has 1 aromatic heterocycles. The van der Waals surface area contributed by atoms with E-state index < -0.39 is 10.9 Å². The second kappa shape index (κ2) is 5.92. The molecular formula is C14H14N2O4S. The fraction of sp³-hybridized carbons (Fsp3) is 0.214. The molecule has 0 aliphatic rings. The first kappa shape index (κ1) is 15.0. The van der Waals surface area contributed by atoms with Crippen LogP contribution in [0.5, 0.6) is 0 Å². The first-order valence-corrected chi connectivity index (χ1v) is 7.01. The smallest absolute Gasteiger partial charge is 0.336 e. The number of nitro benzene ring substituents is 1. The van der Waals surface area contributed by atoms with Crippen molar-refractivity contribution in [3.05, 3.63) is 55.3 Å². The lowest BCUT2D eigenvalue weighted by Gasteiger charge is -2.10. The number of nitro groups is 1. The Hall–Kier alpha value is -2.41. The Labute approximate surface area is 125 Å². The van der Waals surface area contributed by atoms with E-state index in [2.05, 4.69) is 5.32 Å². The number of carboxylic acid groups (broad SMARTS) is 1. The second-order valence-electron chi connectivity index (χ2n) is 4.60. The number of aryl methyl sites for hydroxylation is 1.